The Morgan fingerprint density at radius 3 is 2.37 bits per heavy atom. The Kier molecular flexibility index (Phi) is 8.23. The fraction of sp³-hybridized carbons (Fsp3) is 0.292. The molecule has 0 saturated carbocycles. The fourth-order valence-corrected chi connectivity index (χ4v) is 3.72. The van der Waals surface area contributed by atoms with E-state index >= 15 is 0 Å². The molecule has 6 heteroatoms. The second kappa shape index (κ2) is 11.1. The van der Waals surface area contributed by atoms with Gasteiger partial charge in [-0.05, 0) is 36.2 Å². The van der Waals surface area contributed by atoms with E-state index < -0.39 is 0 Å². The molecule has 0 aliphatic rings. The van der Waals surface area contributed by atoms with Crippen molar-refractivity contribution in [3.63, 3.8) is 0 Å². The first-order chi connectivity index (χ1) is 14.6. The van der Waals surface area contributed by atoms with Crippen LogP contribution in [0.15, 0.2) is 65.3 Å². The summed E-state index contributed by atoms with van der Waals surface area (Å²) in [5.74, 6) is 0.940. The molecule has 0 N–H and O–H groups in total. The number of amides is 1. The van der Waals surface area contributed by atoms with E-state index in [2.05, 4.69) is 6.92 Å². The fourth-order valence-electron chi connectivity index (χ4n) is 3.12. The lowest BCUT2D eigenvalue weighted by Gasteiger charge is -2.22. The van der Waals surface area contributed by atoms with E-state index in [9.17, 15) is 4.79 Å². The van der Waals surface area contributed by atoms with E-state index in [-0.39, 0.29) is 5.91 Å². The van der Waals surface area contributed by atoms with E-state index in [1.807, 2.05) is 36.4 Å². The molecule has 3 aromatic rings. The molecular weight excluding hydrogens is 421 g/mol. The second-order valence-corrected chi connectivity index (χ2v) is 7.87. The maximum absolute atomic E-state index is 13.3. The maximum Gasteiger partial charge on any atom is 0.254 e. The molecule has 2 aromatic carbocycles. The predicted molar refractivity (Wildman–Crippen MR) is 120 cm³/mol. The number of furan rings is 1. The van der Waals surface area contributed by atoms with Gasteiger partial charge in [0.2, 0.25) is 0 Å². The Bertz CT molecular complexity index is 919. The lowest BCUT2D eigenvalue weighted by Crippen LogP contribution is -2.30. The zero-order valence-electron chi connectivity index (χ0n) is 16.9. The van der Waals surface area contributed by atoms with Crippen molar-refractivity contribution in [1.29, 1.82) is 0 Å². The first-order valence-electron chi connectivity index (χ1n) is 10.1. The van der Waals surface area contributed by atoms with Crippen molar-refractivity contribution in [3.05, 3.63) is 87.8 Å². The predicted octanol–water partition coefficient (Wildman–Crippen LogP) is 7.00. The maximum atomic E-state index is 13.3. The van der Waals surface area contributed by atoms with E-state index in [1.165, 1.54) is 0 Å². The Balaban J connectivity index is 1.80. The van der Waals surface area contributed by atoms with Gasteiger partial charge in [-0.25, -0.2) is 0 Å². The highest BCUT2D eigenvalue weighted by molar-refractivity contribution is 6.37. The number of hydrogen-bond donors (Lipinski definition) is 0. The van der Waals surface area contributed by atoms with Gasteiger partial charge in [0, 0.05) is 12.1 Å². The number of ether oxygens (including phenoxy) is 1. The van der Waals surface area contributed by atoms with Crippen LogP contribution < -0.4 is 4.74 Å². The van der Waals surface area contributed by atoms with Crippen LogP contribution in [0.1, 0.15) is 47.9 Å². The van der Waals surface area contributed by atoms with Gasteiger partial charge in [-0.15, -0.1) is 0 Å². The van der Waals surface area contributed by atoms with E-state index in [0.717, 1.165) is 24.8 Å². The van der Waals surface area contributed by atoms with Crippen LogP contribution in [0, 0.1) is 0 Å². The van der Waals surface area contributed by atoms with Crippen LogP contribution in [0.3, 0.4) is 0 Å². The van der Waals surface area contributed by atoms with Gasteiger partial charge in [-0.2, -0.15) is 0 Å². The summed E-state index contributed by atoms with van der Waals surface area (Å²) >= 11 is 12.8. The van der Waals surface area contributed by atoms with Crippen molar-refractivity contribution < 1.29 is 13.9 Å². The van der Waals surface area contributed by atoms with Gasteiger partial charge in [-0.3, -0.25) is 4.79 Å². The average molecular weight is 446 g/mol. The zero-order valence-corrected chi connectivity index (χ0v) is 18.5. The minimum Gasteiger partial charge on any atom is -0.490 e. The molecule has 0 aliphatic carbocycles. The first kappa shape index (κ1) is 22.3. The van der Waals surface area contributed by atoms with Crippen molar-refractivity contribution in [3.8, 4) is 5.75 Å². The molecule has 30 heavy (non-hydrogen) atoms. The summed E-state index contributed by atoms with van der Waals surface area (Å²) in [5.41, 5.74) is 1.43. The van der Waals surface area contributed by atoms with Gasteiger partial charge in [-0.1, -0.05) is 73.3 Å². The first-order valence-corrected chi connectivity index (χ1v) is 10.8. The van der Waals surface area contributed by atoms with Crippen LogP contribution in [0.25, 0.3) is 0 Å². The number of halogens is 2. The highest BCUT2D eigenvalue weighted by Crippen LogP contribution is 2.35. The van der Waals surface area contributed by atoms with Crippen molar-refractivity contribution in [2.75, 3.05) is 6.61 Å². The van der Waals surface area contributed by atoms with Crippen LogP contribution in [0.2, 0.25) is 10.0 Å². The summed E-state index contributed by atoms with van der Waals surface area (Å²) in [5, 5.41) is 0.667. The molecule has 1 amide bonds. The summed E-state index contributed by atoms with van der Waals surface area (Å²) in [4.78, 5) is 15.0. The van der Waals surface area contributed by atoms with Gasteiger partial charge in [0.25, 0.3) is 5.91 Å². The third kappa shape index (κ3) is 6.04. The minimum absolute atomic E-state index is 0.184. The molecule has 0 aliphatic heterocycles. The Morgan fingerprint density at radius 2 is 1.73 bits per heavy atom. The molecule has 0 bridgehead atoms. The molecule has 1 aromatic heterocycles. The summed E-state index contributed by atoms with van der Waals surface area (Å²) in [7, 11) is 0. The molecule has 4 nitrogen and oxygen atoms in total. The number of hydrogen-bond acceptors (Lipinski definition) is 3. The number of carbonyl (C=O) groups is 1. The minimum atomic E-state index is -0.184. The normalized spacial score (nSPS) is 10.8. The Morgan fingerprint density at radius 1 is 1.00 bits per heavy atom. The van der Waals surface area contributed by atoms with Gasteiger partial charge < -0.3 is 14.1 Å². The zero-order chi connectivity index (χ0) is 21.3. The molecule has 1 heterocycles. The van der Waals surface area contributed by atoms with Gasteiger partial charge in [0.15, 0.2) is 5.75 Å². The summed E-state index contributed by atoms with van der Waals surface area (Å²) < 4.78 is 11.2. The van der Waals surface area contributed by atoms with Gasteiger partial charge in [0.1, 0.15) is 5.76 Å². The standard InChI is InChI=1S/C24H25Cl2NO3/c1-2-3-7-12-30-23-21(25)14-19(15-22(23)26)24(28)27(17-20-11-8-13-29-20)16-18-9-5-4-6-10-18/h4-6,8-11,13-15H,2-3,7,12,16-17H2,1H3. The molecule has 0 fully saturated rings. The van der Waals surface area contributed by atoms with Crippen LogP contribution in [0.5, 0.6) is 5.75 Å². The quantitative estimate of drug-likeness (QED) is 0.315. The number of carbonyl (C=O) groups excluding carboxylic acids is 1. The van der Waals surface area contributed by atoms with Crippen LogP contribution in [0.4, 0.5) is 0 Å². The number of nitrogens with zero attached hydrogens (tertiary/aromatic N) is 1. The molecule has 3 rings (SSSR count). The lowest BCUT2D eigenvalue weighted by atomic mass is 10.1. The highest BCUT2D eigenvalue weighted by Gasteiger charge is 2.21. The summed E-state index contributed by atoms with van der Waals surface area (Å²) in [6.07, 6.45) is 4.70. The van der Waals surface area contributed by atoms with Crippen molar-refractivity contribution in [2.45, 2.75) is 39.3 Å². The highest BCUT2D eigenvalue weighted by atomic mass is 35.5. The second-order valence-electron chi connectivity index (χ2n) is 7.05. The smallest absolute Gasteiger partial charge is 0.254 e. The lowest BCUT2D eigenvalue weighted by molar-refractivity contribution is 0.0717. The van der Waals surface area contributed by atoms with Crippen LogP contribution >= 0.6 is 23.2 Å². The van der Waals surface area contributed by atoms with Crippen molar-refractivity contribution in [2.24, 2.45) is 0 Å². The third-order valence-electron chi connectivity index (χ3n) is 4.67. The Labute approximate surface area is 187 Å². The van der Waals surface area contributed by atoms with Crippen LogP contribution in [-0.2, 0) is 13.1 Å². The molecule has 0 atom stereocenters. The molecule has 158 valence electrons. The summed E-state index contributed by atoms with van der Waals surface area (Å²) in [6, 6.07) is 16.7. The molecular formula is C24H25Cl2NO3. The average Bonchev–Trinajstić information content (AvgIpc) is 3.25. The summed E-state index contributed by atoms with van der Waals surface area (Å²) in [6.45, 7) is 3.44. The molecule has 0 radical (unpaired) electrons. The SMILES string of the molecule is CCCCCOc1c(Cl)cc(C(=O)N(Cc2ccccc2)Cc2ccco2)cc1Cl. The van der Waals surface area contributed by atoms with Crippen molar-refractivity contribution >= 4 is 29.1 Å². The van der Waals surface area contributed by atoms with Gasteiger partial charge in [0.05, 0.1) is 29.5 Å². The molecule has 0 saturated heterocycles. The third-order valence-corrected chi connectivity index (χ3v) is 5.23. The number of rotatable bonds is 10. The molecule has 0 spiro atoms. The van der Waals surface area contributed by atoms with Crippen molar-refractivity contribution in [1.82, 2.24) is 4.90 Å². The number of benzene rings is 2. The van der Waals surface area contributed by atoms with E-state index in [1.54, 1.807) is 29.4 Å². The molecule has 0 unspecified atom stereocenters. The van der Waals surface area contributed by atoms with Crippen LogP contribution in [-0.4, -0.2) is 17.4 Å². The largest absolute Gasteiger partial charge is 0.490 e. The van der Waals surface area contributed by atoms with E-state index in [0.29, 0.717) is 46.8 Å². The monoisotopic (exact) mass is 445 g/mol. The number of unbranched alkanes of at least 4 members (excludes halogenated alkanes) is 2. The van der Waals surface area contributed by atoms with Gasteiger partial charge >= 0.3 is 0 Å². The topological polar surface area (TPSA) is 42.7 Å². The Hall–Kier alpha value is -2.43. The van der Waals surface area contributed by atoms with E-state index in [4.69, 9.17) is 32.4 Å².